The van der Waals surface area contributed by atoms with Gasteiger partial charge >= 0.3 is 12.0 Å². The number of aliphatic hydroxyl groups excluding tert-OH is 1. The number of amides is 2. The molecule has 0 spiro atoms. The number of carbonyl (C=O) groups excluding carboxylic acids is 1. The average Bonchev–Trinajstić information content (AvgIpc) is 2.43. The Morgan fingerprint density at radius 3 is 2.70 bits per heavy atom. The Morgan fingerprint density at radius 2 is 2.10 bits per heavy atom. The number of benzene rings is 1. The highest BCUT2D eigenvalue weighted by atomic mass is 16.4. The van der Waals surface area contributed by atoms with Crippen LogP contribution < -0.4 is 5.32 Å². The van der Waals surface area contributed by atoms with Gasteiger partial charge in [0.1, 0.15) is 0 Å². The van der Waals surface area contributed by atoms with E-state index in [0.717, 1.165) is 5.56 Å². The largest absolute Gasteiger partial charge is 0.481 e. The van der Waals surface area contributed by atoms with E-state index in [2.05, 4.69) is 5.32 Å². The minimum Gasteiger partial charge on any atom is -0.481 e. The van der Waals surface area contributed by atoms with Gasteiger partial charge in [0.25, 0.3) is 0 Å². The van der Waals surface area contributed by atoms with E-state index in [1.165, 1.54) is 4.90 Å². The maximum Gasteiger partial charge on any atom is 0.321 e. The van der Waals surface area contributed by atoms with Gasteiger partial charge in [0.15, 0.2) is 0 Å². The monoisotopic (exact) mass is 280 g/mol. The molecule has 6 heteroatoms. The van der Waals surface area contributed by atoms with Crippen molar-refractivity contribution in [3.8, 4) is 0 Å². The number of nitrogens with one attached hydrogen (secondary N) is 1. The van der Waals surface area contributed by atoms with Gasteiger partial charge in [-0.3, -0.25) is 4.79 Å². The first kappa shape index (κ1) is 16.0. The zero-order valence-corrected chi connectivity index (χ0v) is 11.7. The van der Waals surface area contributed by atoms with Gasteiger partial charge in [0.2, 0.25) is 0 Å². The maximum atomic E-state index is 11.9. The topological polar surface area (TPSA) is 89.9 Å². The van der Waals surface area contributed by atoms with Crippen LogP contribution in [-0.4, -0.2) is 46.8 Å². The highest BCUT2D eigenvalue weighted by molar-refractivity contribution is 5.89. The van der Waals surface area contributed by atoms with E-state index in [-0.39, 0.29) is 25.1 Å². The molecular formula is C14H20N2O4. The molecule has 0 aromatic heterocycles. The third-order valence-electron chi connectivity index (χ3n) is 3.05. The van der Waals surface area contributed by atoms with E-state index >= 15 is 0 Å². The summed E-state index contributed by atoms with van der Waals surface area (Å²) in [5, 5.41) is 20.4. The first-order valence-corrected chi connectivity index (χ1v) is 6.39. The Hall–Kier alpha value is -2.08. The van der Waals surface area contributed by atoms with Crippen molar-refractivity contribution in [2.45, 2.75) is 25.8 Å². The number of likely N-dealkylation sites (N-methyl/N-ethyl adjacent to an activating group) is 1. The standard InChI is InChI=1S/C14H20N2O4/c1-10(9-17)16(2)14(20)15-12-5-3-4-11(8-12)6-7-13(18)19/h3-5,8,10,17H,6-7,9H2,1-2H3,(H,15,20)(H,18,19). The molecule has 0 aliphatic rings. The Kier molecular flexibility index (Phi) is 5.99. The number of aliphatic carboxylic acids is 1. The van der Waals surface area contributed by atoms with Gasteiger partial charge in [-0.05, 0) is 31.0 Å². The molecule has 0 bridgehead atoms. The lowest BCUT2D eigenvalue weighted by Gasteiger charge is -2.23. The summed E-state index contributed by atoms with van der Waals surface area (Å²) in [5.41, 5.74) is 1.46. The van der Waals surface area contributed by atoms with Crippen LogP contribution in [0.3, 0.4) is 0 Å². The summed E-state index contributed by atoms with van der Waals surface area (Å²) in [4.78, 5) is 23.8. The van der Waals surface area contributed by atoms with E-state index in [1.54, 1.807) is 32.2 Å². The zero-order valence-electron chi connectivity index (χ0n) is 11.7. The number of hydrogen-bond acceptors (Lipinski definition) is 3. The lowest BCUT2D eigenvalue weighted by atomic mass is 10.1. The van der Waals surface area contributed by atoms with Crippen LogP contribution in [-0.2, 0) is 11.2 Å². The van der Waals surface area contributed by atoms with Crippen LogP contribution in [0, 0.1) is 0 Å². The van der Waals surface area contributed by atoms with E-state index in [9.17, 15) is 9.59 Å². The summed E-state index contributed by atoms with van der Waals surface area (Å²) in [6.45, 7) is 1.63. The molecule has 0 saturated carbocycles. The summed E-state index contributed by atoms with van der Waals surface area (Å²) in [6.07, 6.45) is 0.473. The van der Waals surface area contributed by atoms with Crippen molar-refractivity contribution in [1.82, 2.24) is 4.90 Å². The fourth-order valence-electron chi connectivity index (χ4n) is 1.59. The summed E-state index contributed by atoms with van der Waals surface area (Å²) in [5.74, 6) is -0.851. The van der Waals surface area contributed by atoms with Crippen molar-refractivity contribution in [2.24, 2.45) is 0 Å². The summed E-state index contributed by atoms with van der Waals surface area (Å²) in [6, 6.07) is 6.48. The van der Waals surface area contributed by atoms with Crippen LogP contribution in [0.2, 0.25) is 0 Å². The molecule has 2 amide bonds. The number of nitrogens with zero attached hydrogens (tertiary/aromatic N) is 1. The molecule has 1 aromatic carbocycles. The second-order valence-corrected chi connectivity index (χ2v) is 4.67. The third-order valence-corrected chi connectivity index (χ3v) is 3.05. The van der Waals surface area contributed by atoms with Gasteiger partial charge in [0, 0.05) is 19.2 Å². The molecule has 0 fully saturated rings. The van der Waals surface area contributed by atoms with E-state index < -0.39 is 5.97 Å². The van der Waals surface area contributed by atoms with Gasteiger partial charge in [-0.1, -0.05) is 12.1 Å². The number of carboxylic acid groups (broad SMARTS) is 1. The Balaban J connectivity index is 2.66. The lowest BCUT2D eigenvalue weighted by Crippen LogP contribution is -2.40. The predicted molar refractivity (Wildman–Crippen MR) is 75.7 cm³/mol. The number of carbonyl (C=O) groups is 2. The van der Waals surface area contributed by atoms with Crippen LogP contribution in [0.1, 0.15) is 18.9 Å². The minimum atomic E-state index is -0.851. The molecule has 1 aromatic rings. The van der Waals surface area contributed by atoms with Crippen LogP contribution in [0.25, 0.3) is 0 Å². The first-order valence-electron chi connectivity index (χ1n) is 6.39. The van der Waals surface area contributed by atoms with Crippen molar-refractivity contribution in [3.63, 3.8) is 0 Å². The molecule has 0 saturated heterocycles. The summed E-state index contributed by atoms with van der Waals surface area (Å²) >= 11 is 0. The van der Waals surface area contributed by atoms with Crippen LogP contribution >= 0.6 is 0 Å². The molecule has 3 N–H and O–H groups in total. The zero-order chi connectivity index (χ0) is 15.1. The molecule has 0 heterocycles. The maximum absolute atomic E-state index is 11.9. The van der Waals surface area contributed by atoms with Crippen LogP contribution in [0.4, 0.5) is 10.5 Å². The van der Waals surface area contributed by atoms with Gasteiger partial charge in [-0.2, -0.15) is 0 Å². The quantitative estimate of drug-likeness (QED) is 0.737. The highest BCUT2D eigenvalue weighted by Crippen LogP contribution is 2.13. The molecule has 0 radical (unpaired) electrons. The van der Waals surface area contributed by atoms with Gasteiger partial charge < -0.3 is 20.4 Å². The molecule has 1 atom stereocenters. The van der Waals surface area contributed by atoms with Crippen molar-refractivity contribution < 1.29 is 19.8 Å². The van der Waals surface area contributed by atoms with Gasteiger partial charge in [0.05, 0.1) is 12.6 Å². The molecule has 6 nitrogen and oxygen atoms in total. The number of aliphatic hydroxyl groups is 1. The summed E-state index contributed by atoms with van der Waals surface area (Å²) < 4.78 is 0. The van der Waals surface area contributed by atoms with Gasteiger partial charge in [-0.25, -0.2) is 4.79 Å². The second-order valence-electron chi connectivity index (χ2n) is 4.67. The SMILES string of the molecule is CC(CO)N(C)C(=O)Nc1cccc(CCC(=O)O)c1. The Morgan fingerprint density at radius 1 is 1.40 bits per heavy atom. The van der Waals surface area contributed by atoms with E-state index in [4.69, 9.17) is 10.2 Å². The number of urea groups is 1. The number of rotatable bonds is 6. The predicted octanol–water partition coefficient (Wildman–Crippen LogP) is 1.55. The molecule has 0 aliphatic heterocycles. The first-order chi connectivity index (χ1) is 9.43. The van der Waals surface area contributed by atoms with Crippen molar-refractivity contribution in [3.05, 3.63) is 29.8 Å². The fourth-order valence-corrected chi connectivity index (χ4v) is 1.59. The average molecular weight is 280 g/mol. The number of hydrogen-bond donors (Lipinski definition) is 3. The highest BCUT2D eigenvalue weighted by Gasteiger charge is 2.14. The van der Waals surface area contributed by atoms with Gasteiger partial charge in [-0.15, -0.1) is 0 Å². The van der Waals surface area contributed by atoms with Crippen molar-refractivity contribution in [1.29, 1.82) is 0 Å². The molecule has 1 unspecified atom stereocenters. The van der Waals surface area contributed by atoms with E-state index in [1.807, 2.05) is 6.07 Å². The molecule has 20 heavy (non-hydrogen) atoms. The minimum absolute atomic E-state index is 0.0544. The van der Waals surface area contributed by atoms with Crippen molar-refractivity contribution in [2.75, 3.05) is 19.0 Å². The number of anilines is 1. The molecule has 110 valence electrons. The Bertz CT molecular complexity index is 476. The molecule has 0 aliphatic carbocycles. The van der Waals surface area contributed by atoms with Crippen molar-refractivity contribution >= 4 is 17.7 Å². The van der Waals surface area contributed by atoms with Crippen LogP contribution in [0.15, 0.2) is 24.3 Å². The fraction of sp³-hybridized carbons (Fsp3) is 0.429. The molecular weight excluding hydrogens is 260 g/mol. The lowest BCUT2D eigenvalue weighted by molar-refractivity contribution is -0.136. The number of carboxylic acids is 1. The second kappa shape index (κ2) is 7.49. The Labute approximate surface area is 118 Å². The number of aryl methyl sites for hydroxylation is 1. The van der Waals surface area contributed by atoms with Crippen LogP contribution in [0.5, 0.6) is 0 Å². The normalized spacial score (nSPS) is 11.8. The molecule has 1 rings (SSSR count). The summed E-state index contributed by atoms with van der Waals surface area (Å²) in [7, 11) is 1.60. The van der Waals surface area contributed by atoms with E-state index in [0.29, 0.717) is 12.1 Å². The smallest absolute Gasteiger partial charge is 0.321 e. The third kappa shape index (κ3) is 4.89.